The predicted molar refractivity (Wildman–Crippen MR) is 128 cm³/mol. The van der Waals surface area contributed by atoms with Crippen LogP contribution in [0.4, 0.5) is 11.4 Å². The van der Waals surface area contributed by atoms with E-state index in [0.717, 1.165) is 11.4 Å². The molecule has 0 radical (unpaired) electrons. The maximum atomic E-state index is 6.37. The highest BCUT2D eigenvalue weighted by molar-refractivity contribution is 5.96. The summed E-state index contributed by atoms with van der Waals surface area (Å²) in [6.07, 6.45) is 0. The molecule has 2 aliphatic rings. The zero-order chi connectivity index (χ0) is 21.5. The number of quaternary nitrogens is 1. The lowest BCUT2D eigenvalue weighted by Crippen LogP contribution is -2.40. The number of rotatable bonds is 0. The molecule has 0 bridgehead atoms. The third-order valence-electron chi connectivity index (χ3n) is 7.14. The Morgan fingerprint density at radius 1 is 0.645 bits per heavy atom. The third-order valence-corrected chi connectivity index (χ3v) is 7.14. The van der Waals surface area contributed by atoms with Crippen LogP contribution >= 0.6 is 0 Å². The number of fused-ring (bicyclic) bond motifs is 10. The molecule has 2 aliphatic carbocycles. The average Bonchev–Trinajstić information content (AvgIpc) is 3.19. The number of benzene rings is 4. The molecule has 1 atom stereocenters. The quantitative estimate of drug-likeness (QED) is 0.310. The average molecular weight is 404 g/mol. The summed E-state index contributed by atoms with van der Waals surface area (Å²) in [5, 5.41) is 0. The highest BCUT2D eigenvalue weighted by Crippen LogP contribution is 2.63. The van der Waals surface area contributed by atoms with Crippen LogP contribution in [0.5, 0.6) is 0 Å². The summed E-state index contributed by atoms with van der Waals surface area (Å²) in [7, 11) is 0. The number of hydrogen-bond acceptors (Lipinski definition) is 1. The first kappa shape index (κ1) is 18.4. The molecule has 0 aromatic heterocycles. The molecule has 4 aromatic rings. The Hall–Kier alpha value is -3.36. The van der Waals surface area contributed by atoms with Gasteiger partial charge in [0.05, 0.1) is 5.41 Å². The van der Waals surface area contributed by atoms with E-state index in [0.29, 0.717) is 0 Å². The molecule has 2 heteroatoms. The lowest BCUT2D eigenvalue weighted by atomic mass is 9.69. The molecule has 4 aromatic carbocycles. The molecule has 0 heterocycles. The second-order valence-corrected chi connectivity index (χ2v) is 9.99. The van der Waals surface area contributed by atoms with Gasteiger partial charge in [-0.15, -0.1) is 0 Å². The Kier molecular flexibility index (Phi) is 3.48. The lowest BCUT2D eigenvalue weighted by molar-refractivity contribution is -0.254. The van der Waals surface area contributed by atoms with Crippen molar-refractivity contribution in [1.82, 2.24) is 0 Å². The summed E-state index contributed by atoms with van der Waals surface area (Å²) in [6, 6.07) is 28.9. The van der Waals surface area contributed by atoms with Crippen LogP contribution in [-0.4, -0.2) is 0 Å². The van der Waals surface area contributed by atoms with E-state index >= 15 is 0 Å². The molecular weight excluding hydrogens is 376 g/mol. The van der Waals surface area contributed by atoms with Crippen molar-refractivity contribution in [2.24, 2.45) is 0 Å². The Bertz CT molecular complexity index is 1370. The molecule has 0 amide bonds. The number of anilines is 1. The van der Waals surface area contributed by atoms with Gasteiger partial charge in [0.25, 0.3) is 0 Å². The Balaban J connectivity index is 1.84. The van der Waals surface area contributed by atoms with Crippen molar-refractivity contribution in [2.75, 3.05) is 5.73 Å². The first-order valence-corrected chi connectivity index (χ1v) is 10.9. The minimum Gasteiger partial charge on any atom is -0.399 e. The monoisotopic (exact) mass is 403 g/mol. The SMILES string of the molecule is CC(C)(C)c1ccc2c(c1)C1(c3ccccc3-c3ccc([NH3+])cc31)c1cc(N)ccc1-2. The van der Waals surface area contributed by atoms with Crippen LogP contribution in [-0.2, 0) is 10.8 Å². The van der Waals surface area contributed by atoms with Crippen LogP contribution in [0.15, 0.2) is 78.9 Å². The number of hydrogen-bond donors (Lipinski definition) is 2. The molecule has 0 saturated heterocycles. The van der Waals surface area contributed by atoms with E-state index in [4.69, 9.17) is 5.73 Å². The highest BCUT2D eigenvalue weighted by atomic mass is 14.6. The van der Waals surface area contributed by atoms with Crippen molar-refractivity contribution in [3.05, 3.63) is 107 Å². The zero-order valence-corrected chi connectivity index (χ0v) is 18.3. The van der Waals surface area contributed by atoms with E-state index < -0.39 is 0 Å². The summed E-state index contributed by atoms with van der Waals surface area (Å²) >= 11 is 0. The minimum absolute atomic E-state index is 0.0686. The fraction of sp³-hybridized carbons (Fsp3) is 0.172. The molecule has 152 valence electrons. The van der Waals surface area contributed by atoms with Crippen molar-refractivity contribution < 1.29 is 5.73 Å². The third kappa shape index (κ3) is 2.26. The summed E-state index contributed by atoms with van der Waals surface area (Å²) in [4.78, 5) is 0. The molecule has 2 nitrogen and oxygen atoms in total. The highest BCUT2D eigenvalue weighted by Gasteiger charge is 2.52. The van der Waals surface area contributed by atoms with Crippen molar-refractivity contribution in [2.45, 2.75) is 31.6 Å². The summed E-state index contributed by atoms with van der Waals surface area (Å²) in [6.45, 7) is 6.85. The molecule has 1 spiro atoms. The smallest absolute Gasteiger partial charge is 0.128 e. The molecule has 6 rings (SSSR count). The summed E-state index contributed by atoms with van der Waals surface area (Å²) in [5.41, 5.74) is 24.0. The number of nitrogen functional groups attached to an aromatic ring is 1. The van der Waals surface area contributed by atoms with E-state index in [1.54, 1.807) is 0 Å². The van der Waals surface area contributed by atoms with Crippen LogP contribution < -0.4 is 11.5 Å². The van der Waals surface area contributed by atoms with Gasteiger partial charge >= 0.3 is 0 Å². The Labute approximate surface area is 183 Å². The van der Waals surface area contributed by atoms with Crippen molar-refractivity contribution in [3.8, 4) is 22.3 Å². The van der Waals surface area contributed by atoms with Crippen LogP contribution in [0, 0.1) is 0 Å². The largest absolute Gasteiger partial charge is 0.399 e. The van der Waals surface area contributed by atoms with Crippen LogP contribution in [0.3, 0.4) is 0 Å². The molecule has 1 unspecified atom stereocenters. The molecule has 0 fully saturated rings. The van der Waals surface area contributed by atoms with Gasteiger partial charge in [-0.3, -0.25) is 0 Å². The fourth-order valence-electron chi connectivity index (χ4n) is 5.71. The van der Waals surface area contributed by atoms with Crippen molar-refractivity contribution in [3.63, 3.8) is 0 Å². The summed E-state index contributed by atoms with van der Waals surface area (Å²) in [5.74, 6) is 0. The van der Waals surface area contributed by atoms with Crippen LogP contribution in [0.1, 0.15) is 48.6 Å². The molecule has 0 aliphatic heterocycles. The van der Waals surface area contributed by atoms with Gasteiger partial charge in [-0.25, -0.2) is 0 Å². The van der Waals surface area contributed by atoms with Gasteiger partial charge in [-0.05, 0) is 79.8 Å². The number of nitrogens with two attached hydrogens (primary N) is 1. The lowest BCUT2D eigenvalue weighted by Gasteiger charge is -2.31. The van der Waals surface area contributed by atoms with Crippen molar-refractivity contribution >= 4 is 11.4 Å². The Morgan fingerprint density at radius 3 is 1.97 bits per heavy atom. The Morgan fingerprint density at radius 2 is 1.23 bits per heavy atom. The molecule has 0 saturated carbocycles. The second kappa shape index (κ2) is 5.87. The molecular formula is C29H27N2+. The second-order valence-electron chi connectivity index (χ2n) is 9.99. The maximum Gasteiger partial charge on any atom is 0.128 e. The van der Waals surface area contributed by atoms with E-state index in [1.165, 1.54) is 50.1 Å². The van der Waals surface area contributed by atoms with Gasteiger partial charge in [0.1, 0.15) is 5.69 Å². The topological polar surface area (TPSA) is 53.7 Å². The van der Waals surface area contributed by atoms with Crippen molar-refractivity contribution in [1.29, 1.82) is 0 Å². The van der Waals surface area contributed by atoms with Crippen LogP contribution in [0.25, 0.3) is 22.3 Å². The molecule has 5 N–H and O–H groups in total. The van der Waals surface area contributed by atoms with Gasteiger partial charge in [-0.1, -0.05) is 69.3 Å². The van der Waals surface area contributed by atoms with E-state index in [1.807, 2.05) is 6.07 Å². The van der Waals surface area contributed by atoms with E-state index in [2.05, 4.69) is 99.3 Å². The summed E-state index contributed by atoms with van der Waals surface area (Å²) < 4.78 is 0. The van der Waals surface area contributed by atoms with Gasteiger partial charge < -0.3 is 11.5 Å². The predicted octanol–water partition coefficient (Wildman–Crippen LogP) is 5.78. The van der Waals surface area contributed by atoms with Gasteiger partial charge in [0.15, 0.2) is 0 Å². The minimum atomic E-state index is -0.360. The van der Waals surface area contributed by atoms with Gasteiger partial charge in [0.2, 0.25) is 0 Å². The van der Waals surface area contributed by atoms with E-state index in [9.17, 15) is 0 Å². The van der Waals surface area contributed by atoms with Gasteiger partial charge in [0, 0.05) is 11.8 Å². The standard InChI is InChI=1S/C29H26N2/c1-28(2,3)17-8-11-21-23-13-10-19(31)16-27(23)29(25(21)14-17)24-7-5-4-6-20(24)22-12-9-18(30)15-26(22)29/h4-16H,30-31H2,1-3H3/p+1. The molecule has 31 heavy (non-hydrogen) atoms. The van der Waals surface area contributed by atoms with E-state index in [-0.39, 0.29) is 10.8 Å². The van der Waals surface area contributed by atoms with Gasteiger partial charge in [-0.2, -0.15) is 0 Å². The zero-order valence-electron chi connectivity index (χ0n) is 18.3. The normalized spacial score (nSPS) is 17.9. The fourth-order valence-corrected chi connectivity index (χ4v) is 5.71. The first-order valence-electron chi connectivity index (χ1n) is 10.9. The maximum absolute atomic E-state index is 6.37. The van der Waals surface area contributed by atoms with Crippen LogP contribution in [0.2, 0.25) is 0 Å². The first-order chi connectivity index (χ1) is 14.8.